The highest BCUT2D eigenvalue weighted by molar-refractivity contribution is 7.71. The van der Waals surface area contributed by atoms with Crippen molar-refractivity contribution in [3.63, 3.8) is 0 Å². The highest BCUT2D eigenvalue weighted by Crippen LogP contribution is 2.25. The topological polar surface area (TPSA) is 57.8 Å². The zero-order valence-electron chi connectivity index (χ0n) is 11.8. The van der Waals surface area contributed by atoms with Crippen molar-refractivity contribution >= 4 is 34.6 Å². The van der Waals surface area contributed by atoms with E-state index in [2.05, 4.69) is 15.3 Å². The summed E-state index contributed by atoms with van der Waals surface area (Å²) in [5, 5.41) is 5.26. The molecule has 3 aromatic rings. The van der Waals surface area contributed by atoms with Crippen molar-refractivity contribution in [3.05, 3.63) is 63.7 Å². The van der Waals surface area contributed by atoms with E-state index in [1.165, 1.54) is 16.9 Å². The minimum Gasteiger partial charge on any atom is -0.352 e. The number of hydrogen-bond donors (Lipinski definition) is 2. The van der Waals surface area contributed by atoms with Gasteiger partial charge in [0.15, 0.2) is 5.13 Å². The number of pyridine rings is 1. The van der Waals surface area contributed by atoms with Crippen LogP contribution >= 0.6 is 23.6 Å². The molecule has 2 heterocycles. The van der Waals surface area contributed by atoms with E-state index in [0.717, 1.165) is 11.3 Å². The Labute approximate surface area is 136 Å². The molecule has 0 bridgehead atoms. The van der Waals surface area contributed by atoms with Crippen LogP contribution in [0.4, 0.5) is 5.13 Å². The Kier molecular flexibility index (Phi) is 4.13. The fourth-order valence-electron chi connectivity index (χ4n) is 1.95. The highest BCUT2D eigenvalue weighted by atomic mass is 32.1. The van der Waals surface area contributed by atoms with Gasteiger partial charge in [-0.3, -0.25) is 10.1 Å². The molecule has 0 aliphatic rings. The number of hydrogen-bond acceptors (Lipinski definition) is 4. The Hall–Kier alpha value is -2.31. The molecule has 4 nitrogen and oxygen atoms in total. The fraction of sp³-hybridized carbons (Fsp3) is 0.0625. The van der Waals surface area contributed by atoms with Gasteiger partial charge in [-0.25, -0.2) is 4.98 Å². The SMILES string of the molecule is Cc1ccc(-c2csc(NC(=O)c3ccc[nH]c3=S)n2)cc1. The van der Waals surface area contributed by atoms with Crippen LogP contribution in [0.2, 0.25) is 0 Å². The molecule has 0 saturated carbocycles. The number of nitrogens with one attached hydrogen (secondary N) is 2. The molecule has 0 aliphatic heterocycles. The first-order valence-corrected chi connectivity index (χ1v) is 7.94. The second kappa shape index (κ2) is 6.21. The van der Waals surface area contributed by atoms with E-state index in [4.69, 9.17) is 12.2 Å². The van der Waals surface area contributed by atoms with E-state index in [0.29, 0.717) is 15.3 Å². The number of aryl methyl sites for hydroxylation is 1. The zero-order valence-corrected chi connectivity index (χ0v) is 13.4. The first-order valence-electron chi connectivity index (χ1n) is 6.65. The van der Waals surface area contributed by atoms with E-state index in [1.807, 2.05) is 36.6 Å². The Morgan fingerprint density at radius 2 is 2.05 bits per heavy atom. The standard InChI is InChI=1S/C16H13N3OS2/c1-10-4-6-11(7-5-10)13-9-22-16(18-13)19-14(20)12-3-2-8-17-15(12)21/h2-9H,1H3,(H,17,21)(H,18,19,20). The number of rotatable bonds is 3. The summed E-state index contributed by atoms with van der Waals surface area (Å²) in [7, 11) is 0. The van der Waals surface area contributed by atoms with Crippen molar-refractivity contribution in [2.24, 2.45) is 0 Å². The molecular weight excluding hydrogens is 314 g/mol. The van der Waals surface area contributed by atoms with Gasteiger partial charge in [0.1, 0.15) is 4.64 Å². The molecule has 0 unspecified atom stereocenters. The van der Waals surface area contributed by atoms with Gasteiger partial charge < -0.3 is 4.98 Å². The van der Waals surface area contributed by atoms with Gasteiger partial charge in [-0.15, -0.1) is 11.3 Å². The quantitative estimate of drug-likeness (QED) is 0.700. The minimum absolute atomic E-state index is 0.258. The molecule has 2 N–H and O–H groups in total. The molecule has 3 rings (SSSR count). The summed E-state index contributed by atoms with van der Waals surface area (Å²) in [4.78, 5) is 19.5. The van der Waals surface area contributed by atoms with Crippen LogP contribution < -0.4 is 5.32 Å². The van der Waals surface area contributed by atoms with Crippen molar-refractivity contribution in [1.82, 2.24) is 9.97 Å². The number of benzene rings is 1. The molecule has 0 aliphatic carbocycles. The maximum absolute atomic E-state index is 12.2. The molecule has 110 valence electrons. The minimum atomic E-state index is -0.258. The molecule has 1 amide bonds. The predicted octanol–water partition coefficient (Wildman–Crippen LogP) is 4.43. The Morgan fingerprint density at radius 1 is 1.27 bits per heavy atom. The summed E-state index contributed by atoms with van der Waals surface area (Å²) < 4.78 is 0.412. The van der Waals surface area contributed by atoms with E-state index < -0.39 is 0 Å². The lowest BCUT2D eigenvalue weighted by molar-refractivity contribution is 0.102. The van der Waals surface area contributed by atoms with Crippen LogP contribution in [0.5, 0.6) is 0 Å². The third-order valence-electron chi connectivity index (χ3n) is 3.13. The number of aromatic amines is 1. The zero-order chi connectivity index (χ0) is 15.5. The molecule has 6 heteroatoms. The van der Waals surface area contributed by atoms with Gasteiger partial charge in [-0.1, -0.05) is 42.0 Å². The molecular formula is C16H13N3OS2. The van der Waals surface area contributed by atoms with E-state index in [9.17, 15) is 4.79 Å². The van der Waals surface area contributed by atoms with E-state index in [-0.39, 0.29) is 5.91 Å². The average molecular weight is 327 g/mol. The van der Waals surface area contributed by atoms with Crippen LogP contribution in [0.15, 0.2) is 48.0 Å². The van der Waals surface area contributed by atoms with Crippen LogP contribution in [-0.4, -0.2) is 15.9 Å². The van der Waals surface area contributed by atoms with Gasteiger partial charge in [0.25, 0.3) is 5.91 Å². The van der Waals surface area contributed by atoms with E-state index >= 15 is 0 Å². The van der Waals surface area contributed by atoms with Crippen LogP contribution in [0.25, 0.3) is 11.3 Å². The van der Waals surface area contributed by atoms with Gasteiger partial charge in [-0.05, 0) is 19.1 Å². The maximum atomic E-state index is 12.2. The second-order valence-electron chi connectivity index (χ2n) is 4.77. The molecule has 0 spiro atoms. The lowest BCUT2D eigenvalue weighted by Gasteiger charge is -2.01. The van der Waals surface area contributed by atoms with Crippen molar-refractivity contribution < 1.29 is 4.79 Å². The van der Waals surface area contributed by atoms with Crippen LogP contribution in [0.1, 0.15) is 15.9 Å². The number of thiazole rings is 1. The summed E-state index contributed by atoms with van der Waals surface area (Å²) in [6.07, 6.45) is 1.69. The smallest absolute Gasteiger partial charge is 0.260 e. The monoisotopic (exact) mass is 327 g/mol. The summed E-state index contributed by atoms with van der Waals surface area (Å²) in [5.74, 6) is -0.258. The highest BCUT2D eigenvalue weighted by Gasteiger charge is 2.11. The van der Waals surface area contributed by atoms with Crippen LogP contribution in [0, 0.1) is 11.6 Å². The number of aromatic nitrogens is 2. The maximum Gasteiger partial charge on any atom is 0.260 e. The van der Waals surface area contributed by atoms with Crippen molar-refractivity contribution in [1.29, 1.82) is 0 Å². The fourth-order valence-corrected chi connectivity index (χ4v) is 2.90. The van der Waals surface area contributed by atoms with Crippen LogP contribution in [0.3, 0.4) is 0 Å². The van der Waals surface area contributed by atoms with E-state index in [1.54, 1.807) is 18.3 Å². The first-order chi connectivity index (χ1) is 10.6. The van der Waals surface area contributed by atoms with Crippen molar-refractivity contribution in [2.75, 3.05) is 5.32 Å². The van der Waals surface area contributed by atoms with Gasteiger partial charge in [0, 0.05) is 17.1 Å². The number of carbonyl (C=O) groups is 1. The lowest BCUT2D eigenvalue weighted by atomic mass is 10.1. The molecule has 1 aromatic carbocycles. The second-order valence-corrected chi connectivity index (χ2v) is 6.04. The molecule has 22 heavy (non-hydrogen) atoms. The Bertz CT molecular complexity index is 865. The lowest BCUT2D eigenvalue weighted by Crippen LogP contribution is -2.12. The Balaban J connectivity index is 1.80. The summed E-state index contributed by atoms with van der Waals surface area (Å²) in [6, 6.07) is 11.5. The molecule has 0 saturated heterocycles. The summed E-state index contributed by atoms with van der Waals surface area (Å²) >= 11 is 6.50. The molecule has 0 radical (unpaired) electrons. The number of carbonyl (C=O) groups excluding carboxylic acids is 1. The number of anilines is 1. The third-order valence-corrected chi connectivity index (χ3v) is 4.23. The van der Waals surface area contributed by atoms with Crippen molar-refractivity contribution in [2.45, 2.75) is 6.92 Å². The summed E-state index contributed by atoms with van der Waals surface area (Å²) in [5.41, 5.74) is 3.51. The van der Waals surface area contributed by atoms with Gasteiger partial charge in [0.2, 0.25) is 0 Å². The molecule has 0 fully saturated rings. The van der Waals surface area contributed by atoms with Gasteiger partial charge in [-0.2, -0.15) is 0 Å². The van der Waals surface area contributed by atoms with Gasteiger partial charge >= 0.3 is 0 Å². The first kappa shape index (κ1) is 14.6. The van der Waals surface area contributed by atoms with Crippen LogP contribution in [-0.2, 0) is 0 Å². The number of H-pyrrole nitrogens is 1. The normalized spacial score (nSPS) is 10.4. The third kappa shape index (κ3) is 3.13. The predicted molar refractivity (Wildman–Crippen MR) is 91.9 cm³/mol. The number of nitrogens with zero attached hydrogens (tertiary/aromatic N) is 1. The largest absolute Gasteiger partial charge is 0.352 e. The van der Waals surface area contributed by atoms with Gasteiger partial charge in [0.05, 0.1) is 11.3 Å². The average Bonchev–Trinajstić information content (AvgIpc) is 2.97. The summed E-state index contributed by atoms with van der Waals surface area (Å²) in [6.45, 7) is 2.04. The molecule has 2 aromatic heterocycles. The van der Waals surface area contributed by atoms with Crippen molar-refractivity contribution in [3.8, 4) is 11.3 Å². The Morgan fingerprint density at radius 3 is 2.77 bits per heavy atom. The number of amides is 1. The molecule has 0 atom stereocenters.